The third kappa shape index (κ3) is 5.80. The van der Waals surface area contributed by atoms with Crippen LogP contribution in [0.15, 0.2) is 18.3 Å². The van der Waals surface area contributed by atoms with Crippen molar-refractivity contribution >= 4 is 23.6 Å². The van der Waals surface area contributed by atoms with Crippen LogP contribution in [-0.4, -0.2) is 41.1 Å². The molecule has 0 fully saturated rings. The third-order valence-electron chi connectivity index (χ3n) is 2.20. The summed E-state index contributed by atoms with van der Waals surface area (Å²) in [4.78, 5) is 37.0. The highest BCUT2D eigenvalue weighted by Crippen LogP contribution is 2.06. The Hall–Kier alpha value is -2.64. The van der Waals surface area contributed by atoms with Crippen molar-refractivity contribution in [2.45, 2.75) is 13.3 Å². The molecule has 1 aromatic rings. The quantitative estimate of drug-likeness (QED) is 0.583. The molecule has 0 spiro atoms. The topological polar surface area (TPSA) is 120 Å². The fraction of sp³-hybridized carbons (Fsp3) is 0.333. The molecule has 3 amide bonds. The highest BCUT2D eigenvalue weighted by molar-refractivity contribution is 5.92. The van der Waals surface area contributed by atoms with Gasteiger partial charge in [-0.05, 0) is 19.1 Å². The average molecular weight is 280 g/mol. The zero-order chi connectivity index (χ0) is 15.0. The van der Waals surface area contributed by atoms with E-state index in [0.717, 1.165) is 0 Å². The Bertz CT molecular complexity index is 487. The minimum atomic E-state index is -0.974. The highest BCUT2D eigenvalue weighted by atomic mass is 16.4. The average Bonchev–Trinajstić information content (AvgIpc) is 2.38. The second kappa shape index (κ2) is 7.72. The first kappa shape index (κ1) is 15.4. The molecule has 0 aliphatic heterocycles. The molecule has 0 aliphatic carbocycles. The fourth-order valence-corrected chi connectivity index (χ4v) is 1.35. The number of amides is 3. The van der Waals surface area contributed by atoms with Crippen LogP contribution in [0.1, 0.15) is 12.6 Å². The summed E-state index contributed by atoms with van der Waals surface area (Å²) in [6.45, 7) is 2.16. The van der Waals surface area contributed by atoms with E-state index >= 15 is 0 Å². The van der Waals surface area contributed by atoms with Crippen LogP contribution < -0.4 is 16.0 Å². The number of anilines is 1. The smallest absolute Gasteiger partial charge is 0.319 e. The summed E-state index contributed by atoms with van der Waals surface area (Å²) in [5.74, 6) is -1.25. The Balaban J connectivity index is 2.42. The number of aromatic nitrogens is 1. The number of aliphatic carboxylic acids is 1. The normalized spacial score (nSPS) is 9.65. The van der Waals surface area contributed by atoms with Crippen LogP contribution >= 0.6 is 0 Å². The van der Waals surface area contributed by atoms with Crippen molar-refractivity contribution in [1.82, 2.24) is 15.6 Å². The molecule has 0 aromatic carbocycles. The Morgan fingerprint density at radius 1 is 1.25 bits per heavy atom. The Morgan fingerprint density at radius 3 is 2.55 bits per heavy atom. The van der Waals surface area contributed by atoms with Crippen LogP contribution in [0.25, 0.3) is 0 Å². The van der Waals surface area contributed by atoms with Crippen LogP contribution in [0.3, 0.4) is 0 Å². The van der Waals surface area contributed by atoms with E-state index in [1.165, 1.54) is 18.3 Å². The molecule has 8 nitrogen and oxygen atoms in total. The van der Waals surface area contributed by atoms with Crippen molar-refractivity contribution in [2.24, 2.45) is 0 Å². The number of carbonyl (C=O) groups is 3. The van der Waals surface area contributed by atoms with Crippen molar-refractivity contribution in [3.05, 3.63) is 24.0 Å². The molecule has 1 heterocycles. The summed E-state index contributed by atoms with van der Waals surface area (Å²) >= 11 is 0. The lowest BCUT2D eigenvalue weighted by Crippen LogP contribution is -2.38. The van der Waals surface area contributed by atoms with Crippen molar-refractivity contribution in [2.75, 3.05) is 18.4 Å². The van der Waals surface area contributed by atoms with Gasteiger partial charge in [-0.15, -0.1) is 0 Å². The number of nitrogens with one attached hydrogen (secondary N) is 3. The van der Waals surface area contributed by atoms with E-state index in [9.17, 15) is 14.4 Å². The predicted molar refractivity (Wildman–Crippen MR) is 71.3 cm³/mol. The summed E-state index contributed by atoms with van der Waals surface area (Å²) < 4.78 is 0. The number of carbonyl (C=O) groups excluding carboxylic acids is 2. The van der Waals surface area contributed by atoms with E-state index in [4.69, 9.17) is 5.11 Å². The van der Waals surface area contributed by atoms with Gasteiger partial charge in [0.15, 0.2) is 0 Å². The van der Waals surface area contributed by atoms with Crippen LogP contribution in [0.5, 0.6) is 0 Å². The maximum absolute atomic E-state index is 11.5. The van der Waals surface area contributed by atoms with Gasteiger partial charge in [0.05, 0.1) is 30.5 Å². The summed E-state index contributed by atoms with van der Waals surface area (Å²) in [6, 6.07) is 2.51. The summed E-state index contributed by atoms with van der Waals surface area (Å²) in [6.07, 6.45) is 1.17. The second-order valence-electron chi connectivity index (χ2n) is 3.87. The lowest BCUT2D eigenvalue weighted by atomic mass is 10.2. The molecule has 0 atom stereocenters. The van der Waals surface area contributed by atoms with E-state index in [2.05, 4.69) is 20.9 Å². The molecule has 0 radical (unpaired) electrons. The molecule has 0 bridgehead atoms. The lowest BCUT2D eigenvalue weighted by Gasteiger charge is -2.07. The monoisotopic (exact) mass is 280 g/mol. The molecule has 0 saturated carbocycles. The molecule has 8 heteroatoms. The molecule has 108 valence electrons. The lowest BCUT2D eigenvalue weighted by molar-refractivity contribution is -0.136. The van der Waals surface area contributed by atoms with Crippen LogP contribution in [0, 0.1) is 0 Å². The Labute approximate surface area is 115 Å². The first-order valence-corrected chi connectivity index (χ1v) is 5.99. The zero-order valence-electron chi connectivity index (χ0n) is 11.0. The predicted octanol–water partition coefficient (Wildman–Crippen LogP) is -0.0337. The zero-order valence-corrected chi connectivity index (χ0v) is 11.0. The molecule has 1 aromatic heterocycles. The Kier molecular flexibility index (Phi) is 5.95. The van der Waals surface area contributed by atoms with Gasteiger partial charge in [0.25, 0.3) is 0 Å². The number of hydrogen-bond donors (Lipinski definition) is 4. The SMILES string of the molecule is CCNC(=O)CNC(=O)Nc1ccc(CC(=O)O)nc1. The van der Waals surface area contributed by atoms with Gasteiger partial charge in [-0.25, -0.2) is 4.79 Å². The summed E-state index contributed by atoms with van der Waals surface area (Å²) in [7, 11) is 0. The van der Waals surface area contributed by atoms with Gasteiger partial charge >= 0.3 is 12.0 Å². The number of urea groups is 1. The van der Waals surface area contributed by atoms with Gasteiger partial charge < -0.3 is 21.1 Å². The minimum absolute atomic E-state index is 0.121. The molecule has 1 rings (SSSR count). The summed E-state index contributed by atoms with van der Waals surface area (Å²) in [5.41, 5.74) is 0.804. The van der Waals surface area contributed by atoms with Crippen LogP contribution in [0.2, 0.25) is 0 Å². The van der Waals surface area contributed by atoms with Crippen LogP contribution in [0.4, 0.5) is 10.5 Å². The number of likely N-dealkylation sites (N-methyl/N-ethyl adjacent to an activating group) is 1. The number of nitrogens with zero attached hydrogens (tertiary/aromatic N) is 1. The first-order chi connectivity index (χ1) is 9.51. The maximum Gasteiger partial charge on any atom is 0.319 e. The number of hydrogen-bond acceptors (Lipinski definition) is 4. The van der Waals surface area contributed by atoms with E-state index in [1.807, 2.05) is 0 Å². The molecule has 0 aliphatic rings. The number of carboxylic acid groups (broad SMARTS) is 1. The maximum atomic E-state index is 11.5. The third-order valence-corrected chi connectivity index (χ3v) is 2.20. The molecular weight excluding hydrogens is 264 g/mol. The number of pyridine rings is 1. The van der Waals surface area contributed by atoms with Gasteiger partial charge in [-0.2, -0.15) is 0 Å². The molecular formula is C12H16N4O4. The van der Waals surface area contributed by atoms with Gasteiger partial charge in [-0.1, -0.05) is 0 Å². The number of carboxylic acids is 1. The van der Waals surface area contributed by atoms with Crippen molar-refractivity contribution in [3.8, 4) is 0 Å². The second-order valence-corrected chi connectivity index (χ2v) is 3.87. The molecule has 0 unspecified atom stereocenters. The van der Waals surface area contributed by atoms with E-state index in [-0.39, 0.29) is 18.9 Å². The van der Waals surface area contributed by atoms with Gasteiger partial charge in [0.1, 0.15) is 0 Å². The molecule has 20 heavy (non-hydrogen) atoms. The van der Waals surface area contributed by atoms with Gasteiger partial charge in [0, 0.05) is 6.54 Å². The van der Waals surface area contributed by atoms with Crippen LogP contribution in [-0.2, 0) is 16.0 Å². The number of rotatable bonds is 6. The first-order valence-electron chi connectivity index (χ1n) is 5.99. The molecule has 0 saturated heterocycles. The Morgan fingerprint density at radius 2 is 2.00 bits per heavy atom. The van der Waals surface area contributed by atoms with Gasteiger partial charge in [0.2, 0.25) is 5.91 Å². The van der Waals surface area contributed by atoms with E-state index < -0.39 is 12.0 Å². The van der Waals surface area contributed by atoms with E-state index in [1.54, 1.807) is 6.92 Å². The van der Waals surface area contributed by atoms with Gasteiger partial charge in [-0.3, -0.25) is 14.6 Å². The highest BCUT2D eigenvalue weighted by Gasteiger charge is 2.06. The van der Waals surface area contributed by atoms with Crippen molar-refractivity contribution < 1.29 is 19.5 Å². The standard InChI is InChI=1S/C12H16N4O4/c1-2-13-10(17)7-15-12(20)16-9-4-3-8(14-6-9)5-11(18)19/h3-4,6H,2,5,7H2,1H3,(H,13,17)(H,18,19)(H2,15,16,20). The summed E-state index contributed by atoms with van der Waals surface area (Å²) in [5, 5.41) is 16.0. The van der Waals surface area contributed by atoms with Crippen molar-refractivity contribution in [3.63, 3.8) is 0 Å². The minimum Gasteiger partial charge on any atom is -0.481 e. The van der Waals surface area contributed by atoms with Crippen molar-refractivity contribution in [1.29, 1.82) is 0 Å². The molecule has 4 N–H and O–H groups in total. The van der Waals surface area contributed by atoms with E-state index in [0.29, 0.717) is 17.9 Å². The largest absolute Gasteiger partial charge is 0.481 e. The fourth-order valence-electron chi connectivity index (χ4n) is 1.35.